The first-order chi connectivity index (χ1) is 14.5. The number of rotatable bonds is 6. The Morgan fingerprint density at radius 1 is 1.03 bits per heavy atom. The molecule has 4 rings (SSSR count). The Bertz CT molecular complexity index is 1140. The van der Waals surface area contributed by atoms with Crippen molar-refractivity contribution in [3.05, 3.63) is 59.7 Å². The number of fused-ring (bicyclic) bond motifs is 1. The summed E-state index contributed by atoms with van der Waals surface area (Å²) in [5.41, 5.74) is 2.44. The minimum absolute atomic E-state index is 0.106. The Morgan fingerprint density at radius 3 is 2.50 bits per heavy atom. The molecule has 0 radical (unpaired) electrons. The van der Waals surface area contributed by atoms with Gasteiger partial charge in [-0.15, -0.1) is 10.2 Å². The Balaban J connectivity index is 1.74. The lowest BCUT2D eigenvalue weighted by atomic mass is 10.1. The molecule has 0 saturated carbocycles. The molecule has 2 aromatic carbocycles. The van der Waals surface area contributed by atoms with Crippen molar-refractivity contribution in [3.63, 3.8) is 0 Å². The quantitative estimate of drug-likeness (QED) is 0.424. The Hall–Kier alpha value is -3.81. The van der Waals surface area contributed by atoms with Gasteiger partial charge in [0.1, 0.15) is 5.69 Å². The molecule has 152 valence electrons. The van der Waals surface area contributed by atoms with Crippen molar-refractivity contribution in [2.75, 3.05) is 13.7 Å². The Morgan fingerprint density at radius 2 is 1.80 bits per heavy atom. The highest BCUT2D eigenvalue weighted by Crippen LogP contribution is 2.40. The van der Waals surface area contributed by atoms with Crippen molar-refractivity contribution in [3.8, 4) is 17.2 Å². The van der Waals surface area contributed by atoms with Crippen molar-refractivity contribution >= 4 is 23.2 Å². The molecular weight excluding hydrogens is 384 g/mol. The van der Waals surface area contributed by atoms with Crippen molar-refractivity contribution in [1.82, 2.24) is 10.1 Å². The largest absolute Gasteiger partial charge is 0.465 e. The SMILES string of the molecule is COc1onc(-c2ccccc2)c1N=Nc1cccc2c1C(=O)N(CC(C)C)C2=O. The van der Waals surface area contributed by atoms with E-state index in [4.69, 9.17) is 9.26 Å². The van der Waals surface area contributed by atoms with E-state index >= 15 is 0 Å². The van der Waals surface area contributed by atoms with E-state index < -0.39 is 0 Å². The van der Waals surface area contributed by atoms with Gasteiger partial charge < -0.3 is 9.26 Å². The summed E-state index contributed by atoms with van der Waals surface area (Å²) in [4.78, 5) is 26.8. The predicted molar refractivity (Wildman–Crippen MR) is 109 cm³/mol. The maximum atomic E-state index is 12.9. The molecule has 0 bridgehead atoms. The van der Waals surface area contributed by atoms with Gasteiger partial charge in [-0.05, 0) is 18.1 Å². The molecule has 3 aromatic rings. The average Bonchev–Trinajstić information content (AvgIpc) is 3.27. The smallest absolute Gasteiger partial charge is 0.339 e. The van der Waals surface area contributed by atoms with Crippen LogP contribution in [-0.2, 0) is 0 Å². The molecule has 0 N–H and O–H groups in total. The molecule has 0 spiro atoms. The molecule has 0 atom stereocenters. The van der Waals surface area contributed by atoms with E-state index in [1.807, 2.05) is 44.2 Å². The molecule has 30 heavy (non-hydrogen) atoms. The first kappa shape index (κ1) is 19.5. The summed E-state index contributed by atoms with van der Waals surface area (Å²) in [6, 6.07) is 14.3. The molecule has 8 heteroatoms. The van der Waals surface area contributed by atoms with Crippen molar-refractivity contribution < 1.29 is 18.8 Å². The molecule has 0 aliphatic carbocycles. The number of azo groups is 1. The van der Waals surface area contributed by atoms with Crippen molar-refractivity contribution in [1.29, 1.82) is 0 Å². The van der Waals surface area contributed by atoms with Crippen molar-refractivity contribution in [2.45, 2.75) is 13.8 Å². The Kier molecular flexibility index (Phi) is 5.14. The van der Waals surface area contributed by atoms with Crippen LogP contribution in [0.4, 0.5) is 11.4 Å². The summed E-state index contributed by atoms with van der Waals surface area (Å²) in [6.45, 7) is 4.25. The zero-order valence-corrected chi connectivity index (χ0v) is 16.8. The van der Waals surface area contributed by atoms with E-state index in [1.165, 1.54) is 12.0 Å². The normalized spacial score (nSPS) is 13.5. The van der Waals surface area contributed by atoms with Gasteiger partial charge in [-0.1, -0.05) is 55.4 Å². The van der Waals surface area contributed by atoms with Crippen LogP contribution in [0.25, 0.3) is 11.3 Å². The topological polar surface area (TPSA) is 97.4 Å². The Labute approximate surface area is 173 Å². The third-order valence-electron chi connectivity index (χ3n) is 4.65. The van der Waals surface area contributed by atoms with E-state index in [1.54, 1.807) is 18.2 Å². The van der Waals surface area contributed by atoms with E-state index in [0.29, 0.717) is 29.2 Å². The standard InChI is InChI=1S/C22H20N4O4/c1-13(2)12-26-20(27)15-10-7-11-16(17(15)21(26)28)23-24-19-18(25-30-22(19)29-3)14-8-5-4-6-9-14/h4-11,13H,12H2,1-3H3. The third-order valence-corrected chi connectivity index (χ3v) is 4.65. The van der Waals surface area contributed by atoms with Crippen LogP contribution in [0.5, 0.6) is 5.95 Å². The summed E-state index contributed by atoms with van der Waals surface area (Å²) in [6.07, 6.45) is 0. The number of imide groups is 1. The molecule has 0 fully saturated rings. The van der Waals surface area contributed by atoms with Gasteiger partial charge >= 0.3 is 5.95 Å². The van der Waals surface area contributed by atoms with Crippen LogP contribution in [0.2, 0.25) is 0 Å². The van der Waals surface area contributed by atoms with Gasteiger partial charge in [-0.25, -0.2) is 0 Å². The number of aromatic nitrogens is 1. The summed E-state index contributed by atoms with van der Waals surface area (Å²) in [7, 11) is 1.44. The maximum absolute atomic E-state index is 12.9. The summed E-state index contributed by atoms with van der Waals surface area (Å²) in [5.74, 6) is -0.409. The van der Waals surface area contributed by atoms with E-state index in [2.05, 4.69) is 15.4 Å². The zero-order chi connectivity index (χ0) is 21.3. The summed E-state index contributed by atoms with van der Waals surface area (Å²) < 4.78 is 10.4. The van der Waals surface area contributed by atoms with Crippen LogP contribution in [0, 0.1) is 5.92 Å². The van der Waals surface area contributed by atoms with Gasteiger partial charge in [0.2, 0.25) is 0 Å². The van der Waals surface area contributed by atoms with Crippen LogP contribution in [0.1, 0.15) is 34.6 Å². The lowest BCUT2D eigenvalue weighted by molar-refractivity contribution is 0.0636. The fraction of sp³-hybridized carbons (Fsp3) is 0.227. The van der Waals surface area contributed by atoms with E-state index in [9.17, 15) is 9.59 Å². The van der Waals surface area contributed by atoms with Gasteiger partial charge in [-0.2, -0.15) is 0 Å². The number of ether oxygens (including phenoxy) is 1. The van der Waals surface area contributed by atoms with Gasteiger partial charge in [0.25, 0.3) is 11.8 Å². The number of benzene rings is 2. The molecule has 1 aromatic heterocycles. The fourth-order valence-corrected chi connectivity index (χ4v) is 3.31. The molecule has 0 saturated heterocycles. The van der Waals surface area contributed by atoms with Crippen LogP contribution in [0.15, 0.2) is 63.3 Å². The minimum Gasteiger partial charge on any atom is -0.465 e. The average molecular weight is 404 g/mol. The highest BCUT2D eigenvalue weighted by molar-refractivity contribution is 6.23. The number of hydrogen-bond acceptors (Lipinski definition) is 7. The number of carbonyl (C=O) groups is 2. The zero-order valence-electron chi connectivity index (χ0n) is 16.8. The fourth-order valence-electron chi connectivity index (χ4n) is 3.31. The molecule has 2 heterocycles. The lowest BCUT2D eigenvalue weighted by Crippen LogP contribution is -2.33. The summed E-state index contributed by atoms with van der Waals surface area (Å²) >= 11 is 0. The predicted octanol–water partition coefficient (Wildman–Crippen LogP) is 5.02. The monoisotopic (exact) mass is 404 g/mol. The number of amides is 2. The van der Waals surface area contributed by atoms with Crippen LogP contribution in [-0.4, -0.2) is 35.5 Å². The first-order valence-corrected chi connectivity index (χ1v) is 9.51. The van der Waals surface area contributed by atoms with Gasteiger partial charge in [0.15, 0.2) is 5.69 Å². The molecule has 1 aliphatic heterocycles. The minimum atomic E-state index is -0.362. The maximum Gasteiger partial charge on any atom is 0.339 e. The van der Waals surface area contributed by atoms with E-state index in [-0.39, 0.29) is 29.2 Å². The molecule has 8 nitrogen and oxygen atoms in total. The third kappa shape index (κ3) is 3.36. The van der Waals surface area contributed by atoms with Crippen LogP contribution in [0.3, 0.4) is 0 Å². The second-order valence-corrected chi connectivity index (χ2v) is 7.25. The molecule has 0 unspecified atom stereocenters. The highest BCUT2D eigenvalue weighted by atomic mass is 16.6. The molecule has 2 amide bonds. The van der Waals surface area contributed by atoms with Crippen LogP contribution >= 0.6 is 0 Å². The van der Waals surface area contributed by atoms with E-state index in [0.717, 1.165) is 5.56 Å². The molecule has 1 aliphatic rings. The number of carbonyl (C=O) groups excluding carboxylic acids is 2. The second kappa shape index (κ2) is 7.90. The van der Waals surface area contributed by atoms with Gasteiger partial charge in [0.05, 0.1) is 23.9 Å². The van der Waals surface area contributed by atoms with Crippen LogP contribution < -0.4 is 4.74 Å². The van der Waals surface area contributed by atoms with Crippen molar-refractivity contribution in [2.24, 2.45) is 16.1 Å². The number of nitrogens with zero attached hydrogens (tertiary/aromatic N) is 4. The van der Waals surface area contributed by atoms with Gasteiger partial charge in [0, 0.05) is 12.1 Å². The van der Waals surface area contributed by atoms with Gasteiger partial charge in [-0.3, -0.25) is 14.5 Å². The lowest BCUT2D eigenvalue weighted by Gasteiger charge is -2.15. The highest BCUT2D eigenvalue weighted by Gasteiger charge is 2.37. The second-order valence-electron chi connectivity index (χ2n) is 7.25. The molecular formula is C22H20N4O4. The number of methoxy groups -OCH3 is 1. The number of hydrogen-bond donors (Lipinski definition) is 0. The summed E-state index contributed by atoms with van der Waals surface area (Å²) in [5, 5.41) is 12.6. The first-order valence-electron chi connectivity index (χ1n) is 9.51.